The molecule has 2 aliphatic heterocycles. The van der Waals surface area contributed by atoms with Crippen LogP contribution >= 0.6 is 0 Å². The zero-order valence-electron chi connectivity index (χ0n) is 15.9. The molecule has 0 saturated carbocycles. The van der Waals surface area contributed by atoms with Gasteiger partial charge in [0.05, 0.1) is 17.9 Å². The fourth-order valence-electron chi connectivity index (χ4n) is 4.05. The van der Waals surface area contributed by atoms with Gasteiger partial charge in [-0.05, 0) is 44.1 Å². The summed E-state index contributed by atoms with van der Waals surface area (Å²) in [6, 6.07) is 8.06. The number of hydrogen-bond donors (Lipinski definition) is 2. The van der Waals surface area contributed by atoms with Crippen LogP contribution in [0.2, 0.25) is 0 Å². The van der Waals surface area contributed by atoms with Gasteiger partial charge >= 0.3 is 5.97 Å². The second kappa shape index (κ2) is 9.33. The Kier molecular flexibility index (Phi) is 6.85. The molecule has 1 amide bonds. The second-order valence-corrected chi connectivity index (χ2v) is 7.59. The van der Waals surface area contributed by atoms with Crippen LogP contribution in [0.25, 0.3) is 0 Å². The lowest BCUT2D eigenvalue weighted by Crippen LogP contribution is -2.43. The SMILES string of the molecule is Cc1ccc(C2OCCCC2C(=O)NCC(C(=O)O)C2CCOCC2)cc1. The molecule has 0 spiro atoms. The Morgan fingerprint density at radius 3 is 2.52 bits per heavy atom. The Morgan fingerprint density at radius 1 is 1.15 bits per heavy atom. The van der Waals surface area contributed by atoms with Gasteiger partial charge in [0.25, 0.3) is 0 Å². The number of nitrogens with one attached hydrogen (secondary N) is 1. The largest absolute Gasteiger partial charge is 0.481 e. The molecule has 0 bridgehead atoms. The van der Waals surface area contributed by atoms with Crippen molar-refractivity contribution in [3.05, 3.63) is 35.4 Å². The first kappa shape index (κ1) is 19.8. The highest BCUT2D eigenvalue weighted by molar-refractivity contribution is 5.80. The molecular weight excluding hydrogens is 346 g/mol. The summed E-state index contributed by atoms with van der Waals surface area (Å²) in [7, 11) is 0. The summed E-state index contributed by atoms with van der Waals surface area (Å²) in [6.07, 6.45) is 2.77. The number of benzene rings is 1. The quantitative estimate of drug-likeness (QED) is 0.799. The molecule has 2 aliphatic rings. The van der Waals surface area contributed by atoms with Crippen molar-refractivity contribution in [2.24, 2.45) is 17.8 Å². The molecule has 0 aromatic heterocycles. The number of rotatable bonds is 6. The average molecular weight is 375 g/mol. The van der Waals surface area contributed by atoms with Crippen LogP contribution in [-0.2, 0) is 19.1 Å². The number of carbonyl (C=O) groups is 2. The molecule has 27 heavy (non-hydrogen) atoms. The standard InChI is InChI=1S/C21H29NO5/c1-14-4-6-16(7-5-14)19-17(3-2-10-27-19)20(23)22-13-18(21(24)25)15-8-11-26-12-9-15/h4-7,15,17-19H,2-3,8-13H2,1H3,(H,22,23)(H,24,25). The minimum atomic E-state index is -0.850. The number of ether oxygens (including phenoxy) is 2. The fourth-order valence-corrected chi connectivity index (χ4v) is 4.05. The summed E-state index contributed by atoms with van der Waals surface area (Å²) < 4.78 is 11.2. The van der Waals surface area contributed by atoms with Crippen LogP contribution in [0.3, 0.4) is 0 Å². The van der Waals surface area contributed by atoms with Gasteiger partial charge in [-0.1, -0.05) is 29.8 Å². The number of carbonyl (C=O) groups excluding carboxylic acids is 1. The molecule has 2 saturated heterocycles. The fraction of sp³-hybridized carbons (Fsp3) is 0.619. The molecule has 6 nitrogen and oxygen atoms in total. The van der Waals surface area contributed by atoms with Gasteiger partial charge in [0.2, 0.25) is 5.91 Å². The van der Waals surface area contributed by atoms with E-state index in [0.717, 1.165) is 36.8 Å². The maximum Gasteiger partial charge on any atom is 0.308 e. The third-order valence-corrected chi connectivity index (χ3v) is 5.71. The lowest BCUT2D eigenvalue weighted by Gasteiger charge is -2.32. The molecule has 1 aromatic carbocycles. The van der Waals surface area contributed by atoms with Gasteiger partial charge < -0.3 is 19.9 Å². The van der Waals surface area contributed by atoms with Gasteiger partial charge in [0, 0.05) is 26.4 Å². The number of carboxylic acids is 1. The monoisotopic (exact) mass is 375 g/mol. The van der Waals surface area contributed by atoms with E-state index in [1.807, 2.05) is 31.2 Å². The maximum absolute atomic E-state index is 12.8. The van der Waals surface area contributed by atoms with E-state index >= 15 is 0 Å². The van der Waals surface area contributed by atoms with E-state index in [-0.39, 0.29) is 30.4 Å². The van der Waals surface area contributed by atoms with Crippen LogP contribution in [0.1, 0.15) is 42.9 Å². The first-order chi connectivity index (χ1) is 13.1. The zero-order chi connectivity index (χ0) is 19.2. The number of hydrogen-bond acceptors (Lipinski definition) is 4. The van der Waals surface area contributed by atoms with Crippen LogP contribution in [0.15, 0.2) is 24.3 Å². The lowest BCUT2D eigenvalue weighted by atomic mass is 9.85. The first-order valence-electron chi connectivity index (χ1n) is 9.82. The van der Waals surface area contributed by atoms with Crippen LogP contribution in [-0.4, -0.2) is 43.3 Å². The molecule has 3 atom stereocenters. The van der Waals surface area contributed by atoms with E-state index in [0.29, 0.717) is 19.8 Å². The third-order valence-electron chi connectivity index (χ3n) is 5.71. The molecule has 3 rings (SSSR count). The molecule has 6 heteroatoms. The molecular formula is C21H29NO5. The van der Waals surface area contributed by atoms with Crippen molar-refractivity contribution in [1.29, 1.82) is 0 Å². The zero-order valence-corrected chi connectivity index (χ0v) is 15.9. The second-order valence-electron chi connectivity index (χ2n) is 7.59. The molecule has 148 valence electrons. The van der Waals surface area contributed by atoms with Gasteiger partial charge in [-0.25, -0.2) is 0 Å². The number of carboxylic acid groups (broad SMARTS) is 1. The molecule has 1 aromatic rings. The molecule has 0 radical (unpaired) electrons. The van der Waals surface area contributed by atoms with Crippen molar-refractivity contribution in [2.45, 2.75) is 38.7 Å². The molecule has 2 fully saturated rings. The summed E-state index contributed by atoms with van der Waals surface area (Å²) >= 11 is 0. The molecule has 3 unspecified atom stereocenters. The molecule has 2 heterocycles. The van der Waals surface area contributed by atoms with E-state index < -0.39 is 11.9 Å². The summed E-state index contributed by atoms with van der Waals surface area (Å²) in [5.74, 6) is -1.77. The average Bonchev–Trinajstić information content (AvgIpc) is 2.69. The Bertz CT molecular complexity index is 638. The van der Waals surface area contributed by atoms with Crippen molar-refractivity contribution < 1.29 is 24.2 Å². The van der Waals surface area contributed by atoms with Crippen molar-refractivity contribution >= 4 is 11.9 Å². The summed E-state index contributed by atoms with van der Waals surface area (Å²) in [6.45, 7) is 4.01. The highest BCUT2D eigenvalue weighted by atomic mass is 16.5. The maximum atomic E-state index is 12.8. The van der Waals surface area contributed by atoms with Gasteiger partial charge in [0.1, 0.15) is 0 Å². The summed E-state index contributed by atoms with van der Waals surface area (Å²) in [5, 5.41) is 12.5. The van der Waals surface area contributed by atoms with Crippen LogP contribution in [0, 0.1) is 24.7 Å². The van der Waals surface area contributed by atoms with E-state index in [1.165, 1.54) is 0 Å². The molecule has 2 N–H and O–H groups in total. The van der Waals surface area contributed by atoms with Gasteiger partial charge in [0.15, 0.2) is 0 Å². The Labute approximate surface area is 160 Å². The van der Waals surface area contributed by atoms with Crippen LogP contribution in [0.4, 0.5) is 0 Å². The highest BCUT2D eigenvalue weighted by Gasteiger charge is 2.35. The summed E-state index contributed by atoms with van der Waals surface area (Å²) in [5.41, 5.74) is 2.16. The minimum absolute atomic E-state index is 0.0482. The van der Waals surface area contributed by atoms with Crippen molar-refractivity contribution in [1.82, 2.24) is 5.32 Å². The van der Waals surface area contributed by atoms with E-state index in [4.69, 9.17) is 9.47 Å². The molecule has 0 aliphatic carbocycles. The smallest absolute Gasteiger partial charge is 0.308 e. The number of amides is 1. The summed E-state index contributed by atoms with van der Waals surface area (Å²) in [4.78, 5) is 24.5. The Balaban J connectivity index is 1.63. The van der Waals surface area contributed by atoms with Gasteiger partial charge in [-0.15, -0.1) is 0 Å². The topological polar surface area (TPSA) is 84.9 Å². The predicted molar refractivity (Wildman–Crippen MR) is 100 cm³/mol. The van der Waals surface area contributed by atoms with Crippen molar-refractivity contribution in [2.75, 3.05) is 26.4 Å². The van der Waals surface area contributed by atoms with Crippen molar-refractivity contribution in [3.63, 3.8) is 0 Å². The van der Waals surface area contributed by atoms with E-state index in [1.54, 1.807) is 0 Å². The third kappa shape index (κ3) is 5.08. The van der Waals surface area contributed by atoms with E-state index in [9.17, 15) is 14.7 Å². The van der Waals surface area contributed by atoms with Crippen molar-refractivity contribution in [3.8, 4) is 0 Å². The van der Waals surface area contributed by atoms with Gasteiger partial charge in [-0.2, -0.15) is 0 Å². The predicted octanol–water partition coefficient (Wildman–Crippen LogP) is 2.71. The minimum Gasteiger partial charge on any atom is -0.481 e. The Morgan fingerprint density at radius 2 is 1.85 bits per heavy atom. The van der Waals surface area contributed by atoms with Gasteiger partial charge in [-0.3, -0.25) is 9.59 Å². The van der Waals surface area contributed by atoms with E-state index in [2.05, 4.69) is 5.32 Å². The normalized spacial score (nSPS) is 24.9. The Hall–Kier alpha value is -1.92. The number of aliphatic carboxylic acids is 1. The number of aryl methyl sites for hydroxylation is 1. The lowest BCUT2D eigenvalue weighted by molar-refractivity contribution is -0.145. The van der Waals surface area contributed by atoms with Crippen LogP contribution in [0.5, 0.6) is 0 Å². The van der Waals surface area contributed by atoms with Crippen LogP contribution < -0.4 is 5.32 Å². The first-order valence-corrected chi connectivity index (χ1v) is 9.82. The highest BCUT2D eigenvalue weighted by Crippen LogP contribution is 2.34.